The normalized spacial score (nSPS) is 19.2. The smallest absolute Gasteiger partial charge is 0.290 e. The van der Waals surface area contributed by atoms with E-state index in [4.69, 9.17) is 0 Å². The number of rotatable bonds is 2. The van der Waals surface area contributed by atoms with Crippen LogP contribution in [0.4, 0.5) is 5.82 Å². The van der Waals surface area contributed by atoms with E-state index in [1.165, 1.54) is 12.6 Å². The third-order valence-corrected chi connectivity index (χ3v) is 2.58. The molecule has 0 atom stereocenters. The molecule has 0 saturated heterocycles. The molecule has 1 aliphatic carbocycles. The van der Waals surface area contributed by atoms with E-state index < -0.39 is 0 Å². The molecule has 2 rings (SSSR count). The van der Waals surface area contributed by atoms with Crippen molar-refractivity contribution in [3.8, 4) is 0 Å². The molecule has 4 nitrogen and oxygen atoms in total. The zero-order valence-electron chi connectivity index (χ0n) is 7.63. The summed E-state index contributed by atoms with van der Waals surface area (Å²) in [7, 11) is 0. The highest BCUT2D eigenvalue weighted by Crippen LogP contribution is 2.33. The second kappa shape index (κ2) is 2.87. The first-order chi connectivity index (χ1) is 6.20. The van der Waals surface area contributed by atoms with Gasteiger partial charge in [-0.1, -0.05) is 0 Å². The first-order valence-electron chi connectivity index (χ1n) is 4.52. The molecule has 0 radical (unpaired) electrons. The Morgan fingerprint density at radius 2 is 2.38 bits per heavy atom. The van der Waals surface area contributed by atoms with Crippen molar-refractivity contribution in [3.05, 3.63) is 22.7 Å². The van der Waals surface area contributed by atoms with Crippen molar-refractivity contribution in [3.63, 3.8) is 0 Å². The number of nitrogens with one attached hydrogen (secondary N) is 2. The molecule has 1 aromatic heterocycles. The van der Waals surface area contributed by atoms with Gasteiger partial charge in [0.25, 0.3) is 5.56 Å². The van der Waals surface area contributed by atoms with Crippen LogP contribution in [0.1, 0.15) is 26.2 Å². The first-order valence-corrected chi connectivity index (χ1v) is 4.52. The average Bonchev–Trinajstić information content (AvgIpc) is 2.06. The Labute approximate surface area is 76.4 Å². The van der Waals surface area contributed by atoms with Crippen LogP contribution < -0.4 is 10.9 Å². The molecule has 1 aliphatic rings. The van der Waals surface area contributed by atoms with Gasteiger partial charge in [-0.05, 0) is 26.2 Å². The Morgan fingerprint density at radius 3 is 2.92 bits per heavy atom. The molecule has 0 bridgehead atoms. The molecule has 1 heterocycles. The second-order valence-corrected chi connectivity index (χ2v) is 3.81. The Morgan fingerprint density at radius 1 is 1.62 bits per heavy atom. The number of hydrogen-bond acceptors (Lipinski definition) is 3. The van der Waals surface area contributed by atoms with Crippen LogP contribution in [0, 0.1) is 0 Å². The molecule has 4 heteroatoms. The Kier molecular flexibility index (Phi) is 1.83. The molecule has 70 valence electrons. The minimum Gasteiger partial charge on any atom is -0.360 e. The number of aromatic nitrogens is 2. The molecule has 13 heavy (non-hydrogen) atoms. The lowest BCUT2D eigenvalue weighted by Crippen LogP contribution is -2.43. The molecule has 2 N–H and O–H groups in total. The van der Waals surface area contributed by atoms with Gasteiger partial charge in [-0.25, -0.2) is 4.98 Å². The average molecular weight is 179 g/mol. The van der Waals surface area contributed by atoms with Gasteiger partial charge in [0.15, 0.2) is 5.82 Å². The van der Waals surface area contributed by atoms with Gasteiger partial charge in [0.1, 0.15) is 0 Å². The summed E-state index contributed by atoms with van der Waals surface area (Å²) >= 11 is 0. The highest BCUT2D eigenvalue weighted by molar-refractivity contribution is 5.35. The largest absolute Gasteiger partial charge is 0.360 e. The minimum atomic E-state index is -0.143. The van der Waals surface area contributed by atoms with Gasteiger partial charge in [-0.15, -0.1) is 0 Å². The lowest BCUT2D eigenvalue weighted by molar-refractivity contribution is 0.305. The van der Waals surface area contributed by atoms with Gasteiger partial charge in [-0.3, -0.25) is 4.79 Å². The molecular weight excluding hydrogens is 166 g/mol. The molecule has 1 aromatic rings. The Balaban J connectivity index is 2.18. The fraction of sp³-hybridized carbons (Fsp3) is 0.556. The molecule has 0 amide bonds. The molecule has 0 unspecified atom stereocenters. The quantitative estimate of drug-likeness (QED) is 0.715. The molecule has 1 fully saturated rings. The van der Waals surface area contributed by atoms with Crippen LogP contribution >= 0.6 is 0 Å². The zero-order chi connectivity index (χ0) is 9.31. The molecular formula is C9H13N3O. The number of H-pyrrole nitrogens is 1. The summed E-state index contributed by atoms with van der Waals surface area (Å²) in [6.07, 6.45) is 6.59. The van der Waals surface area contributed by atoms with Crippen molar-refractivity contribution in [2.24, 2.45) is 0 Å². The van der Waals surface area contributed by atoms with E-state index in [-0.39, 0.29) is 11.1 Å². The fourth-order valence-electron chi connectivity index (χ4n) is 1.56. The fourth-order valence-corrected chi connectivity index (χ4v) is 1.56. The van der Waals surface area contributed by atoms with Gasteiger partial charge in [0.05, 0.1) is 0 Å². The van der Waals surface area contributed by atoms with E-state index in [0.717, 1.165) is 12.8 Å². The summed E-state index contributed by atoms with van der Waals surface area (Å²) < 4.78 is 0. The summed E-state index contributed by atoms with van der Waals surface area (Å²) in [5.74, 6) is 0.435. The second-order valence-electron chi connectivity index (χ2n) is 3.81. The van der Waals surface area contributed by atoms with Crippen molar-refractivity contribution in [1.29, 1.82) is 0 Å². The lowest BCUT2D eigenvalue weighted by atomic mass is 9.78. The van der Waals surface area contributed by atoms with Crippen molar-refractivity contribution < 1.29 is 0 Å². The Hall–Kier alpha value is -1.32. The van der Waals surface area contributed by atoms with Gasteiger partial charge >= 0.3 is 0 Å². The monoisotopic (exact) mass is 179 g/mol. The van der Waals surface area contributed by atoms with Crippen molar-refractivity contribution >= 4 is 5.82 Å². The van der Waals surface area contributed by atoms with Crippen LogP contribution in [0.3, 0.4) is 0 Å². The summed E-state index contributed by atoms with van der Waals surface area (Å²) in [4.78, 5) is 17.8. The van der Waals surface area contributed by atoms with Crippen molar-refractivity contribution in [2.45, 2.75) is 31.7 Å². The first kappa shape index (κ1) is 8.29. The summed E-state index contributed by atoms with van der Waals surface area (Å²) in [6.45, 7) is 2.12. The lowest BCUT2D eigenvalue weighted by Gasteiger charge is -2.39. The SMILES string of the molecule is CC1(Nc2ncc[nH]c2=O)CCC1. The van der Waals surface area contributed by atoms with E-state index in [2.05, 4.69) is 22.2 Å². The topological polar surface area (TPSA) is 57.8 Å². The van der Waals surface area contributed by atoms with Crippen LogP contribution in [0.2, 0.25) is 0 Å². The van der Waals surface area contributed by atoms with Crippen molar-refractivity contribution in [1.82, 2.24) is 9.97 Å². The number of hydrogen-bond donors (Lipinski definition) is 2. The third kappa shape index (κ3) is 1.56. The van der Waals surface area contributed by atoms with Gasteiger partial charge in [-0.2, -0.15) is 0 Å². The molecule has 1 saturated carbocycles. The van der Waals surface area contributed by atoms with E-state index in [0.29, 0.717) is 5.82 Å². The highest BCUT2D eigenvalue weighted by Gasteiger charge is 2.32. The van der Waals surface area contributed by atoms with Gasteiger partial charge in [0.2, 0.25) is 0 Å². The maximum Gasteiger partial charge on any atom is 0.290 e. The van der Waals surface area contributed by atoms with Gasteiger partial charge < -0.3 is 10.3 Å². The van der Waals surface area contributed by atoms with E-state index in [1.807, 2.05) is 0 Å². The molecule has 0 spiro atoms. The number of anilines is 1. The maximum absolute atomic E-state index is 11.3. The predicted molar refractivity (Wildman–Crippen MR) is 50.7 cm³/mol. The van der Waals surface area contributed by atoms with E-state index in [1.54, 1.807) is 6.20 Å². The molecule has 0 aromatic carbocycles. The third-order valence-electron chi connectivity index (χ3n) is 2.58. The summed E-state index contributed by atoms with van der Waals surface area (Å²) in [5, 5.41) is 3.17. The Bertz CT molecular complexity index is 354. The van der Waals surface area contributed by atoms with Crippen molar-refractivity contribution in [2.75, 3.05) is 5.32 Å². The highest BCUT2D eigenvalue weighted by atomic mass is 16.1. The van der Waals surface area contributed by atoms with Gasteiger partial charge in [0, 0.05) is 17.9 Å². The standard InChI is InChI=1S/C9H13N3O/c1-9(3-2-4-9)12-7-8(13)11-6-5-10-7/h5-6H,2-4H2,1H3,(H,10,12)(H,11,13). The zero-order valence-corrected chi connectivity index (χ0v) is 7.63. The van der Waals surface area contributed by atoms with E-state index in [9.17, 15) is 4.79 Å². The number of aromatic amines is 1. The summed E-state index contributed by atoms with van der Waals surface area (Å²) in [5.41, 5.74) is -0.0583. The van der Waals surface area contributed by atoms with E-state index >= 15 is 0 Å². The molecule has 0 aliphatic heterocycles. The van der Waals surface area contributed by atoms with Crippen LogP contribution in [0.15, 0.2) is 17.2 Å². The van der Waals surface area contributed by atoms with Crippen LogP contribution in [-0.2, 0) is 0 Å². The van der Waals surface area contributed by atoms with Crippen LogP contribution in [0.25, 0.3) is 0 Å². The maximum atomic E-state index is 11.3. The number of nitrogens with zero attached hydrogens (tertiary/aromatic N) is 1. The van der Waals surface area contributed by atoms with Crippen LogP contribution in [-0.4, -0.2) is 15.5 Å². The minimum absolute atomic E-state index is 0.0847. The summed E-state index contributed by atoms with van der Waals surface area (Å²) in [6, 6.07) is 0. The predicted octanol–water partition coefficient (Wildman–Crippen LogP) is 1.12. The van der Waals surface area contributed by atoms with Crippen LogP contribution in [0.5, 0.6) is 0 Å².